The van der Waals surface area contributed by atoms with Crippen LogP contribution in [-0.4, -0.2) is 95.6 Å². The van der Waals surface area contributed by atoms with Crippen molar-refractivity contribution in [1.29, 1.82) is 0 Å². The third-order valence-electron chi connectivity index (χ3n) is 24.4. The molecule has 0 bridgehead atoms. The standard InChI is InChI=1S/C30H26N6O.C28H23N7O2.2C28H23N7O.CH4/c1-5-23-16-21(14-15-32-23)25-13-9-10-22-17-27(19(2)34-29-26(31-4)18-33-20(3)35-29)36(30(37)28(22)25)24-11-7-6-8-12-24;1-17(32-27-23(29-3)16-30-18(2)33-27)24-13-19-9-8-12-22(20-14-25(37-4)34-31-15-20)26(19)28(36)35(24)21-10-6-5-7-11-21;1-17-13-21(15-31-34-17)23-12-8-9-20-14-25(18(2)32-27-24(29-4)16-30-19(3)33-27)35(28(36)26(20)23)22-10-6-5-7-11-22;1-17(33-27-23(30-3)16-32-18(2)34-27)24-14-20-8-7-11-22(19-12-13-31-25(29)15-19)26(20)28(36)35(24)21-9-5-4-6-10-21;/h6-19H,5H2,1-3H3,(H,33,34,35);5-17H,1-2,4H3,(H,30,32,33);5-16,18H,1-3H3,(H,30,32,33);4-17H,1-2H3,(H2,29,31)(H,32,33,34);1H4/t19-;17-;18-;17-;/m0000./s1. The smallest absolute Gasteiger partial charge is 0.263 e. The summed E-state index contributed by atoms with van der Waals surface area (Å²) in [7, 11) is 1.53. The number of nitrogen functional groups attached to an aromatic ring is 1. The number of pyridine rings is 6. The Balaban J connectivity index is 0.000000140. The van der Waals surface area contributed by atoms with Gasteiger partial charge >= 0.3 is 0 Å². The number of ether oxygens (including phenoxy) is 1. The number of benzene rings is 8. The Bertz CT molecular complexity index is 8310. The quantitative estimate of drug-likeness (QED) is 0.0393. The van der Waals surface area contributed by atoms with E-state index in [0.29, 0.717) is 103 Å². The van der Waals surface area contributed by atoms with Gasteiger partial charge in [-0.1, -0.05) is 160 Å². The molecular weight excluding hydrogens is 1840 g/mol. The molecule has 0 aliphatic heterocycles. The molecule has 0 amide bonds. The summed E-state index contributed by atoms with van der Waals surface area (Å²) in [5.41, 5.74) is 20.9. The second-order valence-corrected chi connectivity index (χ2v) is 34.2. The molecule has 0 saturated heterocycles. The molecule has 6 N–H and O–H groups in total. The molecule has 8 aromatic carbocycles. The highest BCUT2D eigenvalue weighted by atomic mass is 16.5. The van der Waals surface area contributed by atoms with Gasteiger partial charge < -0.3 is 31.7 Å². The summed E-state index contributed by atoms with van der Waals surface area (Å²) in [6.07, 6.45) is 13.6. The zero-order valence-electron chi connectivity index (χ0n) is 81.3. The van der Waals surface area contributed by atoms with Gasteiger partial charge in [0, 0.05) is 106 Å². The van der Waals surface area contributed by atoms with E-state index >= 15 is 0 Å². The maximum atomic E-state index is 14.3. The van der Waals surface area contributed by atoms with Crippen LogP contribution in [0.5, 0.6) is 5.88 Å². The van der Waals surface area contributed by atoms with Gasteiger partial charge in [-0.25, -0.2) is 44.3 Å². The van der Waals surface area contributed by atoms with Crippen molar-refractivity contribution in [3.8, 4) is 73.1 Å². The Morgan fingerprint density at radius 3 is 0.925 bits per heavy atom. The van der Waals surface area contributed by atoms with Crippen molar-refractivity contribution in [2.24, 2.45) is 0 Å². The van der Waals surface area contributed by atoms with Crippen LogP contribution in [0.2, 0.25) is 0 Å². The Labute approximate surface area is 846 Å². The zero-order valence-corrected chi connectivity index (χ0v) is 81.3. The summed E-state index contributed by atoms with van der Waals surface area (Å²) in [6.45, 7) is 48.8. The number of nitrogens with zero attached hydrogens (tertiary/aromatic N) is 22. The normalized spacial score (nSPS) is 11.6. The molecule has 32 heteroatoms. The lowest BCUT2D eigenvalue weighted by Crippen LogP contribution is -2.26. The van der Waals surface area contributed by atoms with E-state index in [2.05, 4.69) is 118 Å². The summed E-state index contributed by atoms with van der Waals surface area (Å²) in [4.78, 5) is 114. The molecule has 12 aromatic heterocycles. The molecule has 32 nitrogen and oxygen atoms in total. The average molecular weight is 1940 g/mol. The van der Waals surface area contributed by atoms with Crippen LogP contribution >= 0.6 is 0 Å². The monoisotopic (exact) mass is 1940 g/mol. The Morgan fingerprint density at radius 2 is 0.633 bits per heavy atom. The summed E-state index contributed by atoms with van der Waals surface area (Å²) in [5.74, 6) is 4.70. The van der Waals surface area contributed by atoms with Gasteiger partial charge in [-0.3, -0.25) is 62.4 Å². The van der Waals surface area contributed by atoms with E-state index in [-0.39, 0.29) is 53.8 Å². The van der Waals surface area contributed by atoms with Crippen molar-refractivity contribution in [2.45, 2.75) is 107 Å². The van der Waals surface area contributed by atoms with E-state index < -0.39 is 0 Å². The van der Waals surface area contributed by atoms with Gasteiger partial charge in [-0.2, -0.15) is 15.3 Å². The predicted molar refractivity (Wildman–Crippen MR) is 579 cm³/mol. The van der Waals surface area contributed by atoms with E-state index in [0.717, 1.165) is 129 Å². The van der Waals surface area contributed by atoms with Crippen molar-refractivity contribution in [3.05, 3.63) is 449 Å². The Morgan fingerprint density at radius 1 is 0.340 bits per heavy atom. The zero-order chi connectivity index (χ0) is 102. The van der Waals surface area contributed by atoms with Gasteiger partial charge in [0.15, 0.2) is 0 Å². The summed E-state index contributed by atoms with van der Waals surface area (Å²) in [6, 6.07) is 79.3. The van der Waals surface area contributed by atoms with Crippen LogP contribution in [0.1, 0.15) is 124 Å². The fourth-order valence-electron chi connectivity index (χ4n) is 17.5. The van der Waals surface area contributed by atoms with Crippen molar-refractivity contribution < 1.29 is 4.74 Å². The SMILES string of the molecule is C.[C-]#[N+]c1cnc(C)nc1N[C@@H](C)c1cc2cccc(-c3ccnc(CC)c3)c2c(=O)n1-c1ccccc1.[C-]#[N+]c1cnc(C)nc1N[C@@H](C)c1cc2cccc(-c3ccnc(N)c3)c2c(=O)n1-c1ccccc1.[C-]#[N+]c1cnc(C)nc1N[C@@H](C)c1cc2cccc(-c3cnnc(C)c3)c2c(=O)n1-c1ccccc1.[C-]#[N+]c1cnc(C)nc1N[C@@H](C)c1cc2cccc(-c3cnnc(OC)c3)c2c(=O)n1-c1ccccc1. The van der Waals surface area contributed by atoms with Crippen LogP contribution in [0.4, 0.5) is 51.8 Å². The van der Waals surface area contributed by atoms with Crippen LogP contribution in [0.15, 0.2) is 324 Å². The molecule has 724 valence electrons. The third kappa shape index (κ3) is 21.6. The topological polar surface area (TPSA) is 369 Å². The first-order valence-corrected chi connectivity index (χ1v) is 46.6. The van der Waals surface area contributed by atoms with Crippen molar-refractivity contribution in [2.75, 3.05) is 34.1 Å². The number of hydrogen-bond acceptors (Lipinski definition) is 24. The maximum Gasteiger partial charge on any atom is 0.263 e. The first-order chi connectivity index (χ1) is 70.9. The lowest BCUT2D eigenvalue weighted by Gasteiger charge is -2.22. The van der Waals surface area contributed by atoms with Gasteiger partial charge in [0.1, 0.15) is 52.4 Å². The molecule has 0 unspecified atom stereocenters. The Hall–Kier alpha value is -19.9. The van der Waals surface area contributed by atoms with Gasteiger partial charge in [-0.15, -0.1) is 5.10 Å². The first-order valence-electron chi connectivity index (χ1n) is 46.6. The van der Waals surface area contributed by atoms with Gasteiger partial charge in [0.05, 0.1) is 97.2 Å². The van der Waals surface area contributed by atoms with E-state index in [1.807, 2.05) is 277 Å². The highest BCUT2D eigenvalue weighted by Crippen LogP contribution is 2.40. The van der Waals surface area contributed by atoms with Crippen LogP contribution in [0, 0.1) is 60.9 Å². The van der Waals surface area contributed by atoms with Crippen molar-refractivity contribution in [1.82, 2.24) is 88.5 Å². The molecule has 0 spiro atoms. The fraction of sp³-hybridized carbons (Fsp3) is 0.148. The number of para-hydroxylation sites is 4. The second kappa shape index (κ2) is 44.7. The minimum atomic E-state index is -0.363. The molecule has 0 fully saturated rings. The van der Waals surface area contributed by atoms with E-state index in [4.69, 9.17) is 36.8 Å². The summed E-state index contributed by atoms with van der Waals surface area (Å²) < 4.78 is 12.1. The number of nitrogens with two attached hydrogens (primary N) is 1. The van der Waals surface area contributed by atoms with E-state index in [1.54, 1.807) is 82.9 Å². The number of rotatable bonds is 22. The first kappa shape index (κ1) is 100. The number of methoxy groups -OCH3 is 1. The van der Waals surface area contributed by atoms with Crippen molar-refractivity contribution in [3.63, 3.8) is 0 Å². The van der Waals surface area contributed by atoms with E-state index in [1.165, 1.54) is 31.9 Å². The van der Waals surface area contributed by atoms with Crippen LogP contribution in [0.3, 0.4) is 0 Å². The van der Waals surface area contributed by atoms with E-state index in [9.17, 15) is 19.2 Å². The third-order valence-corrected chi connectivity index (χ3v) is 24.4. The molecule has 20 aromatic rings. The predicted octanol–water partition coefficient (Wildman–Crippen LogP) is 23.4. The van der Waals surface area contributed by atoms with Crippen LogP contribution < -0.4 is 54.0 Å². The number of nitrogens with one attached hydrogen (secondary N) is 4. The van der Waals surface area contributed by atoms with Gasteiger partial charge in [0.25, 0.3) is 22.2 Å². The number of fused-ring (bicyclic) bond motifs is 4. The highest BCUT2D eigenvalue weighted by Gasteiger charge is 2.28. The molecule has 0 aliphatic rings. The molecule has 12 heterocycles. The maximum absolute atomic E-state index is 14.3. The molecular formula is C115H99N27O5. The number of aromatic nitrogens is 18. The molecule has 20 rings (SSSR count). The average Bonchev–Trinajstić information content (AvgIpc) is 0.760. The molecule has 0 aliphatic carbocycles. The number of anilines is 5. The second-order valence-electron chi connectivity index (χ2n) is 34.2. The van der Waals surface area contributed by atoms with Crippen molar-refractivity contribution >= 4 is 94.9 Å². The minimum absolute atomic E-state index is 0. The summed E-state index contributed by atoms with van der Waals surface area (Å²) >= 11 is 0. The number of aryl methyl sites for hydroxylation is 6. The largest absolute Gasteiger partial charge is 0.480 e. The molecule has 4 atom stereocenters. The molecule has 147 heavy (non-hydrogen) atoms. The molecule has 0 saturated carbocycles. The number of hydrogen-bond donors (Lipinski definition) is 5. The Kier molecular flexibility index (Phi) is 30.5. The highest BCUT2D eigenvalue weighted by molar-refractivity contribution is 6.00. The van der Waals surface area contributed by atoms with Crippen LogP contribution in [0.25, 0.3) is 130 Å². The minimum Gasteiger partial charge on any atom is -0.480 e. The van der Waals surface area contributed by atoms with Gasteiger partial charge in [-0.05, 0) is 227 Å². The van der Waals surface area contributed by atoms with Gasteiger partial charge in [0.2, 0.25) is 28.6 Å². The van der Waals surface area contributed by atoms with Crippen LogP contribution in [-0.2, 0) is 6.42 Å². The molecule has 0 radical (unpaired) electrons. The fourth-order valence-corrected chi connectivity index (χ4v) is 17.5. The lowest BCUT2D eigenvalue weighted by atomic mass is 9.97. The summed E-state index contributed by atoms with van der Waals surface area (Å²) in [5, 5.41) is 35.1. The lowest BCUT2D eigenvalue weighted by molar-refractivity contribution is 0.392.